The van der Waals surface area contributed by atoms with Gasteiger partial charge in [-0.1, -0.05) is 140 Å². The van der Waals surface area contributed by atoms with Crippen molar-refractivity contribution in [1.82, 2.24) is 0 Å². The average molecular weight is 531 g/mol. The van der Waals surface area contributed by atoms with Crippen LogP contribution in [-0.4, -0.2) is 15.2 Å². The lowest BCUT2D eigenvalue weighted by Gasteiger charge is -2.50. The molecule has 0 radical (unpaired) electrons. The zero-order valence-electron chi connectivity index (χ0n) is 25.0. The summed E-state index contributed by atoms with van der Waals surface area (Å²) in [5, 5.41) is 0. The largest absolute Gasteiger partial charge is 0.0711 e. The molecule has 0 heterocycles. The van der Waals surface area contributed by atoms with Crippen LogP contribution in [0.4, 0.5) is 0 Å². The molecule has 0 spiro atoms. The van der Waals surface area contributed by atoms with Crippen molar-refractivity contribution in [3.8, 4) is 11.1 Å². The summed E-state index contributed by atoms with van der Waals surface area (Å²) in [7, 11) is -2.61. The molecular formula is C35H54Si2. The van der Waals surface area contributed by atoms with Crippen LogP contribution in [0.25, 0.3) is 11.1 Å². The Labute approximate surface area is 230 Å². The molecule has 0 bridgehead atoms. The lowest BCUT2D eigenvalue weighted by atomic mass is 9.69. The van der Waals surface area contributed by atoms with Gasteiger partial charge in [0, 0.05) is 15.2 Å². The highest BCUT2D eigenvalue weighted by molar-refractivity contribution is 7.41. The molecule has 202 valence electrons. The van der Waals surface area contributed by atoms with Crippen LogP contribution < -0.4 is 0 Å². The van der Waals surface area contributed by atoms with Crippen LogP contribution in [0.15, 0.2) is 54.6 Å². The van der Waals surface area contributed by atoms with E-state index in [4.69, 9.17) is 0 Å². The minimum atomic E-state index is -1.33. The van der Waals surface area contributed by atoms with Crippen molar-refractivity contribution in [2.24, 2.45) is 23.2 Å². The fraction of sp³-hybridized carbons (Fsp3) is 0.657. The number of fused-ring (bicyclic) bond motifs is 1. The van der Waals surface area contributed by atoms with Gasteiger partial charge in [0.2, 0.25) is 0 Å². The van der Waals surface area contributed by atoms with Gasteiger partial charge in [0.25, 0.3) is 0 Å². The van der Waals surface area contributed by atoms with E-state index >= 15 is 0 Å². The lowest BCUT2D eigenvalue weighted by Crippen LogP contribution is -2.61. The monoisotopic (exact) mass is 530 g/mol. The van der Waals surface area contributed by atoms with E-state index in [0.29, 0.717) is 5.41 Å². The predicted molar refractivity (Wildman–Crippen MR) is 169 cm³/mol. The van der Waals surface area contributed by atoms with Crippen molar-refractivity contribution in [3.63, 3.8) is 0 Å². The standard InChI is InChI=1S/C35H54Si2/c1-35(2,3)25-26-20-21-28(24-26)36(4,5)37(6,7)34-23-22-32-31(18-13-19-33(32)34)30-17-12-11-16-29(30)27-14-9-8-10-15-27/h8-12,14-17,26,28,31-34H,13,18-25H2,1-7H3. The summed E-state index contributed by atoms with van der Waals surface area (Å²) in [6.45, 7) is 18.8. The number of hydrogen-bond acceptors (Lipinski definition) is 0. The molecule has 0 N–H and O–H groups in total. The molecule has 2 heteroatoms. The van der Waals surface area contributed by atoms with Crippen molar-refractivity contribution in [3.05, 3.63) is 60.2 Å². The normalized spacial score (nSPS) is 30.9. The van der Waals surface area contributed by atoms with E-state index in [1.165, 1.54) is 56.1 Å². The third-order valence-electron chi connectivity index (χ3n) is 11.9. The molecule has 0 aliphatic heterocycles. The van der Waals surface area contributed by atoms with E-state index < -0.39 is 15.2 Å². The smallest absolute Gasteiger partial charge is 0.0448 e. The molecule has 0 aromatic heterocycles. The number of benzene rings is 2. The van der Waals surface area contributed by atoms with Gasteiger partial charge in [-0.05, 0) is 76.1 Å². The molecule has 6 atom stereocenters. The van der Waals surface area contributed by atoms with Gasteiger partial charge in [-0.15, -0.1) is 0 Å². The summed E-state index contributed by atoms with van der Waals surface area (Å²) in [5.74, 6) is 3.66. The van der Waals surface area contributed by atoms with Crippen LogP contribution in [0.3, 0.4) is 0 Å². The van der Waals surface area contributed by atoms with Crippen molar-refractivity contribution >= 4 is 15.2 Å². The molecule has 6 unspecified atom stereocenters. The van der Waals surface area contributed by atoms with E-state index in [0.717, 1.165) is 34.8 Å². The fourth-order valence-electron chi connectivity index (χ4n) is 9.57. The van der Waals surface area contributed by atoms with Gasteiger partial charge < -0.3 is 0 Å². The first kappa shape index (κ1) is 27.4. The van der Waals surface area contributed by atoms with Crippen LogP contribution in [0.2, 0.25) is 37.3 Å². The second kappa shape index (κ2) is 10.5. The average Bonchev–Trinajstić information content (AvgIpc) is 3.51. The predicted octanol–water partition coefficient (Wildman–Crippen LogP) is 11.1. The molecule has 3 aliphatic carbocycles. The molecule has 3 aliphatic rings. The minimum Gasteiger partial charge on any atom is -0.0711 e. The summed E-state index contributed by atoms with van der Waals surface area (Å²) >= 11 is 0. The van der Waals surface area contributed by atoms with E-state index in [-0.39, 0.29) is 0 Å². The quantitative estimate of drug-likeness (QED) is 0.326. The maximum Gasteiger partial charge on any atom is 0.0448 e. The molecule has 2 aromatic rings. The van der Waals surface area contributed by atoms with Crippen molar-refractivity contribution in [1.29, 1.82) is 0 Å². The summed E-state index contributed by atoms with van der Waals surface area (Å²) in [5.41, 5.74) is 7.19. The highest BCUT2D eigenvalue weighted by Crippen LogP contribution is 2.61. The van der Waals surface area contributed by atoms with Gasteiger partial charge in [-0.2, -0.15) is 0 Å². The van der Waals surface area contributed by atoms with Crippen LogP contribution in [-0.2, 0) is 0 Å². The van der Waals surface area contributed by atoms with Crippen LogP contribution in [0.5, 0.6) is 0 Å². The van der Waals surface area contributed by atoms with Crippen molar-refractivity contribution < 1.29 is 0 Å². The third kappa shape index (κ3) is 5.36. The number of rotatable bonds is 6. The molecule has 0 nitrogen and oxygen atoms in total. The maximum atomic E-state index is 2.88. The van der Waals surface area contributed by atoms with Gasteiger partial charge in [-0.3, -0.25) is 0 Å². The maximum absolute atomic E-state index is 2.88. The zero-order valence-corrected chi connectivity index (χ0v) is 27.0. The van der Waals surface area contributed by atoms with Crippen LogP contribution >= 0.6 is 0 Å². The molecule has 2 aromatic carbocycles. The molecule has 37 heavy (non-hydrogen) atoms. The van der Waals surface area contributed by atoms with E-state index in [9.17, 15) is 0 Å². The Bertz CT molecular complexity index is 1050. The SMILES string of the molecule is CC(C)(C)CC1CCC([Si](C)(C)[Si](C)(C)C2CCC3C(c4ccccc4-c4ccccc4)CCCC32)C1. The Morgan fingerprint density at radius 2 is 1.41 bits per heavy atom. The Morgan fingerprint density at radius 3 is 2.14 bits per heavy atom. The van der Waals surface area contributed by atoms with E-state index in [2.05, 4.69) is 102 Å². The molecular weight excluding hydrogens is 477 g/mol. The van der Waals surface area contributed by atoms with Gasteiger partial charge >= 0.3 is 0 Å². The molecule has 0 amide bonds. The fourth-order valence-corrected chi connectivity index (χ4v) is 23.6. The summed E-state index contributed by atoms with van der Waals surface area (Å²) in [6, 6.07) is 20.6. The van der Waals surface area contributed by atoms with Gasteiger partial charge in [0.15, 0.2) is 0 Å². The Kier molecular flexibility index (Phi) is 7.75. The second-order valence-corrected chi connectivity index (χ2v) is 31.8. The highest BCUT2D eigenvalue weighted by Gasteiger charge is 2.57. The highest BCUT2D eigenvalue weighted by atomic mass is 29.3. The van der Waals surface area contributed by atoms with Gasteiger partial charge in [0.1, 0.15) is 0 Å². The van der Waals surface area contributed by atoms with Gasteiger partial charge in [-0.25, -0.2) is 0 Å². The molecule has 5 rings (SSSR count). The second-order valence-electron chi connectivity index (χ2n) is 15.6. The first-order valence-corrected chi connectivity index (χ1v) is 22.8. The first-order valence-electron chi connectivity index (χ1n) is 15.6. The third-order valence-corrected chi connectivity index (χ3v) is 32.7. The van der Waals surface area contributed by atoms with Gasteiger partial charge in [0.05, 0.1) is 0 Å². The summed E-state index contributed by atoms with van der Waals surface area (Å²) < 4.78 is 0. The summed E-state index contributed by atoms with van der Waals surface area (Å²) in [6.07, 6.45) is 13.4. The van der Waals surface area contributed by atoms with Crippen LogP contribution in [0, 0.1) is 23.2 Å². The summed E-state index contributed by atoms with van der Waals surface area (Å²) in [4.78, 5) is 0. The lowest BCUT2D eigenvalue weighted by molar-refractivity contribution is 0.237. The van der Waals surface area contributed by atoms with Crippen molar-refractivity contribution in [2.45, 2.75) is 122 Å². The molecule has 3 fully saturated rings. The van der Waals surface area contributed by atoms with E-state index in [1.807, 2.05) is 0 Å². The topological polar surface area (TPSA) is 0 Å². The Morgan fingerprint density at radius 1 is 0.703 bits per heavy atom. The van der Waals surface area contributed by atoms with E-state index in [1.54, 1.807) is 18.4 Å². The Balaban J connectivity index is 1.36. The first-order chi connectivity index (χ1) is 17.5. The number of hydrogen-bond donors (Lipinski definition) is 0. The minimum absolute atomic E-state index is 0.490. The zero-order chi connectivity index (χ0) is 26.4. The van der Waals surface area contributed by atoms with Crippen molar-refractivity contribution in [2.75, 3.05) is 0 Å². The molecule has 0 saturated heterocycles. The molecule has 3 saturated carbocycles. The Hall–Kier alpha value is -1.13. The van der Waals surface area contributed by atoms with Crippen LogP contribution in [0.1, 0.15) is 90.0 Å².